The van der Waals surface area contributed by atoms with E-state index in [4.69, 9.17) is 11.6 Å². The normalized spacial score (nSPS) is 12.2. The molecule has 0 aliphatic heterocycles. The van der Waals surface area contributed by atoms with Crippen LogP contribution in [0, 0.1) is 0 Å². The molecule has 0 aliphatic carbocycles. The van der Waals surface area contributed by atoms with E-state index >= 15 is 0 Å². The van der Waals surface area contributed by atoms with Gasteiger partial charge in [0.2, 0.25) is 0 Å². The zero-order valence-electron chi connectivity index (χ0n) is 4.26. The molecule has 0 aromatic heterocycles. The van der Waals surface area contributed by atoms with E-state index in [0.29, 0.717) is 0 Å². The van der Waals surface area contributed by atoms with E-state index in [0.717, 1.165) is 0 Å². The van der Waals surface area contributed by atoms with Gasteiger partial charge < -0.3 is 4.74 Å². The second kappa shape index (κ2) is 3.43. The molecule has 1 unspecified atom stereocenters. The van der Waals surface area contributed by atoms with E-state index in [1.807, 2.05) is 0 Å². The molecule has 0 aliphatic rings. The molecule has 0 heterocycles. The molecule has 0 saturated heterocycles. The van der Waals surface area contributed by atoms with Gasteiger partial charge in [-0.2, -0.15) is 0 Å². The molecule has 0 N–H and O–H groups in total. The number of hydrogen-bond acceptors (Lipinski definition) is 3. The molecule has 0 aromatic carbocycles. The van der Waals surface area contributed by atoms with Gasteiger partial charge in [-0.25, -0.2) is 4.79 Å². The molecule has 0 amide bonds. The number of esters is 1. The van der Waals surface area contributed by atoms with Crippen LogP contribution in [0.1, 0.15) is 6.92 Å². The molecule has 0 bridgehead atoms. The maximum atomic E-state index is 10.2. The fourth-order valence-electron chi connectivity index (χ4n) is 0.141. The lowest BCUT2D eigenvalue weighted by atomic mass is 10.5. The summed E-state index contributed by atoms with van der Waals surface area (Å²) < 4.78 is 3.85. The first-order valence-electron chi connectivity index (χ1n) is 1.96. The van der Waals surface area contributed by atoms with Gasteiger partial charge in [-0.1, -0.05) is 0 Å². The van der Waals surface area contributed by atoms with Crippen molar-refractivity contribution in [3.05, 3.63) is 0 Å². The van der Waals surface area contributed by atoms with E-state index in [-0.39, 0.29) is 6.47 Å². The average Bonchev–Trinajstić information content (AvgIpc) is 1.67. The monoisotopic (exact) mass is 136 g/mol. The van der Waals surface area contributed by atoms with Crippen molar-refractivity contribution in [2.24, 2.45) is 0 Å². The minimum atomic E-state index is -0.750. The average molecular weight is 137 g/mol. The number of rotatable bonds is 2. The van der Waals surface area contributed by atoms with E-state index in [9.17, 15) is 9.59 Å². The van der Waals surface area contributed by atoms with Crippen molar-refractivity contribution < 1.29 is 14.3 Å². The van der Waals surface area contributed by atoms with Crippen LogP contribution in [0.5, 0.6) is 0 Å². The third-order valence-electron chi connectivity index (χ3n) is 0.489. The summed E-state index contributed by atoms with van der Waals surface area (Å²) in [5, 5.41) is -0.750. The van der Waals surface area contributed by atoms with E-state index in [1.54, 1.807) is 0 Å². The van der Waals surface area contributed by atoms with Crippen LogP contribution in [-0.2, 0) is 14.3 Å². The van der Waals surface area contributed by atoms with Gasteiger partial charge in [0.15, 0.2) is 0 Å². The fourth-order valence-corrected chi connectivity index (χ4v) is 0.193. The van der Waals surface area contributed by atoms with Gasteiger partial charge in [0, 0.05) is 0 Å². The number of alkyl halides is 1. The highest BCUT2D eigenvalue weighted by Crippen LogP contribution is 1.93. The maximum absolute atomic E-state index is 10.2. The summed E-state index contributed by atoms with van der Waals surface area (Å²) in [5.74, 6) is -0.721. The van der Waals surface area contributed by atoms with E-state index < -0.39 is 11.3 Å². The molecule has 46 valence electrons. The second-order valence-corrected chi connectivity index (χ2v) is 1.80. The van der Waals surface area contributed by atoms with Crippen LogP contribution in [0.15, 0.2) is 0 Å². The Morgan fingerprint density at radius 2 is 2.38 bits per heavy atom. The second-order valence-electron chi connectivity index (χ2n) is 1.15. The Labute approximate surface area is 51.6 Å². The molecular formula is C4H5ClO3. The van der Waals surface area contributed by atoms with Crippen molar-refractivity contribution in [3.63, 3.8) is 0 Å². The predicted molar refractivity (Wildman–Crippen MR) is 27.5 cm³/mol. The Hall–Kier alpha value is -0.570. The van der Waals surface area contributed by atoms with E-state index in [1.165, 1.54) is 6.92 Å². The van der Waals surface area contributed by atoms with Crippen molar-refractivity contribution in [1.29, 1.82) is 0 Å². The Morgan fingerprint density at radius 1 is 1.88 bits per heavy atom. The minimum absolute atomic E-state index is 0.0568. The molecule has 1 atom stereocenters. The van der Waals surface area contributed by atoms with Crippen molar-refractivity contribution in [1.82, 2.24) is 0 Å². The predicted octanol–water partition coefficient (Wildman–Crippen LogP) is 0.313. The topological polar surface area (TPSA) is 43.4 Å². The van der Waals surface area contributed by atoms with E-state index in [2.05, 4.69) is 4.74 Å². The molecule has 4 heteroatoms. The van der Waals surface area contributed by atoms with Crippen LogP contribution in [-0.4, -0.2) is 17.8 Å². The SMILES string of the molecule is CC(Cl)C(=O)OC=O. The Balaban J connectivity index is 3.48. The van der Waals surface area contributed by atoms with Crippen LogP contribution in [0.4, 0.5) is 0 Å². The number of ether oxygens (including phenoxy) is 1. The summed E-state index contributed by atoms with van der Waals surface area (Å²) in [5.41, 5.74) is 0. The highest BCUT2D eigenvalue weighted by molar-refractivity contribution is 6.29. The highest BCUT2D eigenvalue weighted by atomic mass is 35.5. The molecule has 3 nitrogen and oxygen atoms in total. The first-order chi connectivity index (χ1) is 3.68. The maximum Gasteiger partial charge on any atom is 0.331 e. The molecule has 8 heavy (non-hydrogen) atoms. The number of carbonyl (C=O) groups is 2. The van der Waals surface area contributed by atoms with Crippen molar-refractivity contribution in [2.45, 2.75) is 12.3 Å². The Bertz CT molecular complexity index is 99.5. The summed E-state index contributed by atoms with van der Waals surface area (Å²) >= 11 is 5.17. The van der Waals surface area contributed by atoms with Gasteiger partial charge >= 0.3 is 12.4 Å². The van der Waals surface area contributed by atoms with Gasteiger partial charge in [0.25, 0.3) is 0 Å². The quantitative estimate of drug-likeness (QED) is 0.238. The van der Waals surface area contributed by atoms with Crippen LogP contribution in [0.3, 0.4) is 0 Å². The fraction of sp³-hybridized carbons (Fsp3) is 0.500. The summed E-state index contributed by atoms with van der Waals surface area (Å²) in [7, 11) is 0. The smallest absolute Gasteiger partial charge is 0.331 e. The van der Waals surface area contributed by atoms with Crippen molar-refractivity contribution >= 4 is 24.0 Å². The first kappa shape index (κ1) is 7.43. The summed E-state index contributed by atoms with van der Waals surface area (Å²) in [4.78, 5) is 19.6. The lowest BCUT2D eigenvalue weighted by Crippen LogP contribution is -2.12. The Morgan fingerprint density at radius 3 is 2.50 bits per heavy atom. The summed E-state index contributed by atoms with van der Waals surface area (Å²) in [6.07, 6.45) is 0. The molecule has 0 radical (unpaired) electrons. The Kier molecular flexibility index (Phi) is 3.19. The van der Waals surface area contributed by atoms with Crippen LogP contribution < -0.4 is 0 Å². The zero-order valence-corrected chi connectivity index (χ0v) is 5.01. The van der Waals surface area contributed by atoms with Crippen LogP contribution in [0.25, 0.3) is 0 Å². The molecule has 0 fully saturated rings. The highest BCUT2D eigenvalue weighted by Gasteiger charge is 2.08. The largest absolute Gasteiger partial charge is 0.394 e. The number of carbonyl (C=O) groups excluding carboxylic acids is 2. The summed E-state index contributed by atoms with van der Waals surface area (Å²) in [6, 6.07) is 0. The van der Waals surface area contributed by atoms with Gasteiger partial charge in [-0.3, -0.25) is 4.79 Å². The third kappa shape index (κ3) is 2.58. The standard InChI is InChI=1S/C4H5ClO3/c1-3(5)4(7)8-2-6/h2-3H,1H3. The summed E-state index contributed by atoms with van der Waals surface area (Å²) in [6.45, 7) is 1.48. The van der Waals surface area contributed by atoms with Crippen molar-refractivity contribution in [2.75, 3.05) is 0 Å². The lowest BCUT2D eigenvalue weighted by Gasteiger charge is -1.94. The van der Waals surface area contributed by atoms with Gasteiger partial charge in [0.1, 0.15) is 5.38 Å². The van der Waals surface area contributed by atoms with Crippen molar-refractivity contribution in [3.8, 4) is 0 Å². The lowest BCUT2D eigenvalue weighted by molar-refractivity contribution is -0.150. The van der Waals surface area contributed by atoms with Gasteiger partial charge in [-0.05, 0) is 6.92 Å². The zero-order chi connectivity index (χ0) is 6.57. The molecule has 0 rings (SSSR count). The van der Waals surface area contributed by atoms with Crippen LogP contribution in [0.2, 0.25) is 0 Å². The molecule has 0 spiro atoms. The number of hydrogen-bond donors (Lipinski definition) is 0. The first-order valence-corrected chi connectivity index (χ1v) is 2.40. The molecule has 0 aromatic rings. The van der Waals surface area contributed by atoms with Gasteiger partial charge in [0.05, 0.1) is 0 Å². The number of halogens is 1. The minimum Gasteiger partial charge on any atom is -0.394 e. The third-order valence-corrected chi connectivity index (χ3v) is 0.667. The molecule has 0 saturated carbocycles. The molecular weight excluding hydrogens is 131 g/mol. The van der Waals surface area contributed by atoms with Crippen LogP contribution >= 0.6 is 11.6 Å². The van der Waals surface area contributed by atoms with Gasteiger partial charge in [-0.15, -0.1) is 11.6 Å².